The number of hydrogen-bond donors (Lipinski definition) is 3. The molecule has 2 heterocycles. The Hall–Kier alpha value is -3.91. The Morgan fingerprint density at radius 1 is 1.07 bits per heavy atom. The topological polar surface area (TPSA) is 110 Å². The minimum atomic E-state index is -0.546. The third kappa shape index (κ3) is 4.17. The number of nitrogens with zero attached hydrogens (tertiary/aromatic N) is 1. The van der Waals surface area contributed by atoms with Crippen LogP contribution in [0.15, 0.2) is 72.2 Å². The van der Waals surface area contributed by atoms with Crippen molar-refractivity contribution in [2.24, 2.45) is 5.73 Å². The first-order chi connectivity index (χ1) is 14.1. The summed E-state index contributed by atoms with van der Waals surface area (Å²) in [5.41, 5.74) is 7.28. The van der Waals surface area contributed by atoms with E-state index in [4.69, 9.17) is 10.5 Å². The summed E-state index contributed by atoms with van der Waals surface area (Å²) in [7, 11) is 0. The van der Waals surface area contributed by atoms with Crippen LogP contribution in [-0.2, 0) is 0 Å². The summed E-state index contributed by atoms with van der Waals surface area (Å²) < 4.78 is 5.84. The van der Waals surface area contributed by atoms with Gasteiger partial charge in [-0.2, -0.15) is 0 Å². The zero-order valence-corrected chi connectivity index (χ0v) is 15.9. The number of carbonyl (C=O) groups excluding carboxylic acids is 2. The van der Waals surface area contributed by atoms with E-state index in [2.05, 4.69) is 15.3 Å². The Morgan fingerprint density at radius 3 is 2.59 bits per heavy atom. The van der Waals surface area contributed by atoms with Crippen molar-refractivity contribution in [2.75, 3.05) is 5.32 Å². The predicted octanol–water partition coefficient (Wildman–Crippen LogP) is 4.28. The highest BCUT2D eigenvalue weighted by molar-refractivity contribution is 7.14. The Bertz CT molecular complexity index is 1170. The van der Waals surface area contributed by atoms with Crippen molar-refractivity contribution in [3.05, 3.63) is 83.5 Å². The lowest BCUT2D eigenvalue weighted by Crippen LogP contribution is -2.12. The maximum atomic E-state index is 12.8. The van der Waals surface area contributed by atoms with E-state index in [0.29, 0.717) is 39.1 Å². The van der Waals surface area contributed by atoms with Crippen LogP contribution in [0.2, 0.25) is 0 Å². The molecule has 0 bridgehead atoms. The average Bonchev–Trinajstić information content (AvgIpc) is 3.39. The second-order valence-corrected chi connectivity index (χ2v) is 6.93. The number of thiazole rings is 1. The maximum absolute atomic E-state index is 12.8. The molecular weight excluding hydrogens is 388 g/mol. The molecule has 8 heteroatoms. The molecule has 4 N–H and O–H groups in total. The van der Waals surface area contributed by atoms with Gasteiger partial charge in [-0.1, -0.05) is 30.3 Å². The van der Waals surface area contributed by atoms with Gasteiger partial charge in [0.1, 0.15) is 17.2 Å². The molecule has 0 unspecified atom stereocenters. The smallest absolute Gasteiger partial charge is 0.265 e. The minimum absolute atomic E-state index is 0.297. The molecule has 0 aliphatic carbocycles. The maximum Gasteiger partial charge on any atom is 0.265 e. The highest BCUT2D eigenvalue weighted by Crippen LogP contribution is 2.28. The summed E-state index contributed by atoms with van der Waals surface area (Å²) >= 11 is 1.28. The number of benzene rings is 2. The van der Waals surface area contributed by atoms with E-state index in [1.54, 1.807) is 41.9 Å². The monoisotopic (exact) mass is 404 g/mol. The molecule has 144 valence electrons. The lowest BCUT2D eigenvalue weighted by Gasteiger charge is -2.10. The van der Waals surface area contributed by atoms with Gasteiger partial charge in [0.15, 0.2) is 5.13 Å². The first-order valence-corrected chi connectivity index (χ1v) is 9.55. The Balaban J connectivity index is 1.52. The summed E-state index contributed by atoms with van der Waals surface area (Å²) in [5, 5.41) is 5.01. The molecule has 4 aromatic rings. The molecule has 0 fully saturated rings. The Morgan fingerprint density at radius 2 is 1.83 bits per heavy atom. The van der Waals surface area contributed by atoms with E-state index in [-0.39, 0.29) is 5.91 Å². The number of ether oxygens (including phenoxy) is 1. The van der Waals surface area contributed by atoms with Gasteiger partial charge in [0.2, 0.25) is 0 Å². The predicted molar refractivity (Wildman–Crippen MR) is 111 cm³/mol. The van der Waals surface area contributed by atoms with Crippen LogP contribution in [0.25, 0.3) is 11.3 Å². The van der Waals surface area contributed by atoms with Crippen LogP contribution in [0, 0.1) is 0 Å². The molecule has 7 nitrogen and oxygen atoms in total. The second kappa shape index (κ2) is 7.99. The highest BCUT2D eigenvalue weighted by atomic mass is 32.1. The first-order valence-electron chi connectivity index (χ1n) is 8.67. The number of rotatable bonds is 6. The van der Waals surface area contributed by atoms with Crippen molar-refractivity contribution in [1.29, 1.82) is 0 Å². The highest BCUT2D eigenvalue weighted by Gasteiger charge is 2.16. The van der Waals surface area contributed by atoms with Crippen molar-refractivity contribution in [2.45, 2.75) is 0 Å². The molecule has 0 atom stereocenters. The lowest BCUT2D eigenvalue weighted by molar-refractivity contribution is 0.0993. The number of hydrogen-bond acceptors (Lipinski definition) is 5. The van der Waals surface area contributed by atoms with Crippen LogP contribution in [0.4, 0.5) is 5.13 Å². The molecule has 2 aromatic heterocycles. The minimum Gasteiger partial charge on any atom is -0.457 e. The number of nitrogens with one attached hydrogen (secondary N) is 2. The number of carbonyl (C=O) groups is 2. The van der Waals surface area contributed by atoms with Crippen LogP contribution in [-0.4, -0.2) is 21.8 Å². The van der Waals surface area contributed by atoms with Crippen molar-refractivity contribution in [1.82, 2.24) is 9.97 Å². The molecule has 0 saturated heterocycles. The first kappa shape index (κ1) is 18.5. The summed E-state index contributed by atoms with van der Waals surface area (Å²) in [5.74, 6) is 0.214. The molecule has 4 rings (SSSR count). The number of aromatic amines is 1. The zero-order chi connectivity index (χ0) is 20.2. The van der Waals surface area contributed by atoms with Gasteiger partial charge < -0.3 is 15.5 Å². The van der Waals surface area contributed by atoms with Gasteiger partial charge in [-0.05, 0) is 30.3 Å². The van der Waals surface area contributed by atoms with Gasteiger partial charge in [0.05, 0.1) is 11.3 Å². The fourth-order valence-corrected chi connectivity index (χ4v) is 3.39. The van der Waals surface area contributed by atoms with Gasteiger partial charge in [0.25, 0.3) is 11.8 Å². The van der Waals surface area contributed by atoms with Crippen LogP contribution in [0.5, 0.6) is 11.5 Å². The lowest BCUT2D eigenvalue weighted by atomic mass is 10.2. The normalized spacial score (nSPS) is 10.5. The second-order valence-electron chi connectivity index (χ2n) is 6.07. The molecule has 0 saturated carbocycles. The average molecular weight is 404 g/mol. The van der Waals surface area contributed by atoms with E-state index < -0.39 is 5.91 Å². The number of nitrogens with two attached hydrogens (primary N) is 1. The summed E-state index contributed by atoms with van der Waals surface area (Å²) in [6.07, 6.45) is 1.64. The largest absolute Gasteiger partial charge is 0.457 e. The van der Waals surface area contributed by atoms with Crippen molar-refractivity contribution < 1.29 is 14.3 Å². The number of anilines is 1. The number of para-hydroxylation sites is 2. The Labute approximate surface area is 170 Å². The summed E-state index contributed by atoms with van der Waals surface area (Å²) in [4.78, 5) is 31.2. The van der Waals surface area contributed by atoms with Crippen molar-refractivity contribution in [3.8, 4) is 22.8 Å². The summed E-state index contributed by atoms with van der Waals surface area (Å²) in [6, 6.07) is 17.9. The SMILES string of the molecule is NC(=O)c1cc(-c2csc(NC(=O)c3ccccc3Oc3ccccc3)n2)c[nH]1. The number of amides is 2. The Kier molecular flexibility index (Phi) is 5.08. The van der Waals surface area contributed by atoms with Crippen LogP contribution in [0.1, 0.15) is 20.8 Å². The summed E-state index contributed by atoms with van der Waals surface area (Å²) in [6.45, 7) is 0. The quantitative estimate of drug-likeness (QED) is 0.445. The van der Waals surface area contributed by atoms with Crippen LogP contribution in [0.3, 0.4) is 0 Å². The van der Waals surface area contributed by atoms with E-state index in [1.807, 2.05) is 30.3 Å². The standard InChI is InChI=1S/C21H16N4O3S/c22-19(26)16-10-13(11-23-16)17-12-29-21(24-17)25-20(27)15-8-4-5-9-18(15)28-14-6-2-1-3-7-14/h1-12,23H,(H2,22,26)(H,24,25,27). The fourth-order valence-electron chi connectivity index (χ4n) is 2.67. The molecule has 0 spiro atoms. The number of H-pyrrole nitrogens is 1. The van der Waals surface area contributed by atoms with Crippen molar-refractivity contribution >= 4 is 28.3 Å². The van der Waals surface area contributed by atoms with Crippen LogP contribution < -0.4 is 15.8 Å². The third-order valence-electron chi connectivity index (χ3n) is 4.07. The fraction of sp³-hybridized carbons (Fsp3) is 0. The van der Waals surface area contributed by atoms with E-state index >= 15 is 0 Å². The molecule has 0 aliphatic heterocycles. The van der Waals surface area contributed by atoms with E-state index in [1.165, 1.54) is 11.3 Å². The third-order valence-corrected chi connectivity index (χ3v) is 4.83. The molecule has 29 heavy (non-hydrogen) atoms. The molecule has 0 radical (unpaired) electrons. The van der Waals surface area contributed by atoms with Crippen LogP contribution >= 0.6 is 11.3 Å². The zero-order valence-electron chi connectivity index (χ0n) is 15.1. The van der Waals surface area contributed by atoms with Crippen molar-refractivity contribution in [3.63, 3.8) is 0 Å². The number of aromatic nitrogens is 2. The molecule has 2 amide bonds. The molecule has 0 aliphatic rings. The van der Waals surface area contributed by atoms with Gasteiger partial charge in [-0.3, -0.25) is 14.9 Å². The van der Waals surface area contributed by atoms with Gasteiger partial charge >= 0.3 is 0 Å². The van der Waals surface area contributed by atoms with E-state index in [0.717, 1.165) is 0 Å². The molecule has 2 aromatic carbocycles. The number of primary amides is 1. The van der Waals surface area contributed by atoms with Gasteiger partial charge in [-0.15, -0.1) is 11.3 Å². The van der Waals surface area contributed by atoms with E-state index in [9.17, 15) is 9.59 Å². The van der Waals surface area contributed by atoms with Gasteiger partial charge in [-0.25, -0.2) is 4.98 Å². The van der Waals surface area contributed by atoms with Gasteiger partial charge in [0, 0.05) is 17.1 Å². The molecular formula is C21H16N4O3S.